The van der Waals surface area contributed by atoms with Crippen LogP contribution in [0.4, 0.5) is 33.3 Å². The van der Waals surface area contributed by atoms with Gasteiger partial charge in [-0.15, -0.1) is 23.2 Å². The molecule has 6 atom stereocenters. The van der Waals surface area contributed by atoms with Crippen LogP contribution in [-0.2, 0) is 19.2 Å². The van der Waals surface area contributed by atoms with Crippen LogP contribution in [0.2, 0.25) is 0 Å². The van der Waals surface area contributed by atoms with E-state index in [-0.39, 0.29) is 33.9 Å². The first-order valence-electron chi connectivity index (χ1n) is 17.3. The van der Waals surface area contributed by atoms with Crippen LogP contribution in [0.3, 0.4) is 0 Å². The summed E-state index contributed by atoms with van der Waals surface area (Å²) in [7, 11) is 1.29. The normalized spacial score (nSPS) is 26.8. The van der Waals surface area contributed by atoms with Crippen LogP contribution in [0.1, 0.15) is 24.3 Å². The van der Waals surface area contributed by atoms with E-state index in [2.05, 4.69) is 4.98 Å². The number of methoxy groups -OCH3 is 1. The monoisotopic (exact) mass is 823 g/mol. The van der Waals surface area contributed by atoms with Crippen molar-refractivity contribution in [1.29, 1.82) is 0 Å². The number of alkyl halides is 2. The predicted molar refractivity (Wildman–Crippen MR) is 193 cm³/mol. The molecule has 1 N–H and O–H groups in total. The highest BCUT2D eigenvalue weighted by atomic mass is 35.5. The zero-order valence-corrected chi connectivity index (χ0v) is 30.5. The van der Waals surface area contributed by atoms with E-state index in [9.17, 15) is 37.5 Å². The number of oxazole rings is 1. The number of aromatic nitrogens is 1. The van der Waals surface area contributed by atoms with Crippen molar-refractivity contribution >= 4 is 69.3 Å². The number of aromatic hydroxyl groups is 1. The first-order valence-corrected chi connectivity index (χ1v) is 18.1. The quantitative estimate of drug-likeness (QED) is 0.0478. The second kappa shape index (κ2) is 12.6. The lowest BCUT2D eigenvalue weighted by molar-refractivity contribution is -0.125. The van der Waals surface area contributed by atoms with Gasteiger partial charge in [0.2, 0.25) is 23.5 Å². The van der Waals surface area contributed by atoms with Crippen molar-refractivity contribution in [3.05, 3.63) is 113 Å². The molecular weight excluding hydrogens is 800 g/mol. The summed E-state index contributed by atoms with van der Waals surface area (Å²) < 4.78 is 85.0. The van der Waals surface area contributed by atoms with Crippen molar-refractivity contribution in [3.8, 4) is 23.0 Å². The van der Waals surface area contributed by atoms with Crippen LogP contribution in [0.15, 0.2) is 82.8 Å². The van der Waals surface area contributed by atoms with Gasteiger partial charge in [-0.3, -0.25) is 24.1 Å². The number of benzene rings is 4. The van der Waals surface area contributed by atoms with Crippen molar-refractivity contribution in [2.24, 2.45) is 17.8 Å². The Morgan fingerprint density at radius 2 is 1.49 bits per heavy atom. The van der Waals surface area contributed by atoms with Gasteiger partial charge in [0.15, 0.2) is 38.6 Å². The lowest BCUT2D eigenvalue weighted by Gasteiger charge is -2.50. The number of ether oxygens (including phenoxy) is 1. The molecule has 6 unspecified atom stereocenters. The van der Waals surface area contributed by atoms with E-state index in [0.717, 1.165) is 4.90 Å². The number of carbonyl (C=O) groups excluding carboxylic acids is 4. The number of phenols is 1. The summed E-state index contributed by atoms with van der Waals surface area (Å²) in [4.78, 5) is 57.1. The van der Waals surface area contributed by atoms with E-state index in [1.807, 2.05) is 0 Å². The minimum atomic E-state index is -2.81. The van der Waals surface area contributed by atoms with Gasteiger partial charge in [-0.25, -0.2) is 31.8 Å². The fourth-order valence-corrected chi connectivity index (χ4v) is 9.73. The van der Waals surface area contributed by atoms with Gasteiger partial charge in [-0.2, -0.15) is 0 Å². The third-order valence-corrected chi connectivity index (χ3v) is 12.8. The average molecular weight is 825 g/mol. The standard InChI is InChI=1S/C40H24Cl2F5N3O7/c1-56-18-10-13-24(51)21(14-18)27-19-11-12-20-26(36(53)49(35(20)52)17-8-6-16(7-9-17)34-48-23-4-2-3-5-25(23)57-34)22(19)15-39(41)37(54)50(38(55)40(27,39)42)33-31(46)29(44)28(43)30(45)32(33)47/h2-11,13-14,20,22,26-27,51H,12,15H2,1H3. The molecule has 3 heterocycles. The molecule has 1 aromatic heterocycles. The van der Waals surface area contributed by atoms with Crippen molar-refractivity contribution in [1.82, 2.24) is 4.98 Å². The number of anilines is 2. The minimum Gasteiger partial charge on any atom is -0.508 e. The van der Waals surface area contributed by atoms with Gasteiger partial charge >= 0.3 is 0 Å². The Bertz CT molecular complexity index is 2610. The minimum absolute atomic E-state index is 0.0917. The zero-order valence-electron chi connectivity index (χ0n) is 29.0. The van der Waals surface area contributed by atoms with Gasteiger partial charge in [0.1, 0.15) is 22.7 Å². The van der Waals surface area contributed by atoms with E-state index in [4.69, 9.17) is 32.4 Å². The SMILES string of the molecule is COc1ccc(O)c(C2C3=CCC4C(=O)N(c5ccc(-c6nc7ccccc7o6)cc5)C(=O)C4C3CC3(Cl)C(=O)N(c4c(F)c(F)c(F)c(F)c4F)C(=O)C23Cl)c1. The molecular formula is C40H24Cl2F5N3O7. The molecule has 1 saturated carbocycles. The molecule has 3 fully saturated rings. The molecule has 290 valence electrons. The van der Waals surface area contributed by atoms with Crippen LogP contribution in [0.5, 0.6) is 11.5 Å². The summed E-state index contributed by atoms with van der Waals surface area (Å²) >= 11 is 14.3. The molecule has 0 spiro atoms. The molecule has 4 aromatic carbocycles. The predicted octanol–water partition coefficient (Wildman–Crippen LogP) is 7.67. The number of para-hydroxylation sites is 2. The number of nitrogens with zero attached hydrogens (tertiary/aromatic N) is 3. The largest absolute Gasteiger partial charge is 0.508 e. The Labute approximate surface area is 328 Å². The number of imide groups is 2. The van der Waals surface area contributed by atoms with E-state index >= 15 is 8.78 Å². The van der Waals surface area contributed by atoms with Gasteiger partial charge in [-0.1, -0.05) is 23.8 Å². The molecule has 2 saturated heterocycles. The second-order valence-corrected chi connectivity index (χ2v) is 15.4. The Kier molecular flexibility index (Phi) is 8.14. The zero-order chi connectivity index (χ0) is 40.5. The van der Waals surface area contributed by atoms with Gasteiger partial charge in [-0.05, 0) is 73.4 Å². The average Bonchev–Trinajstić information content (AvgIpc) is 3.80. The number of carbonyl (C=O) groups is 4. The van der Waals surface area contributed by atoms with Crippen molar-refractivity contribution in [2.75, 3.05) is 16.9 Å². The highest BCUT2D eigenvalue weighted by molar-refractivity contribution is 6.58. The topological polar surface area (TPSA) is 130 Å². The number of allylic oxidation sites excluding steroid dienone is 2. The highest BCUT2D eigenvalue weighted by Crippen LogP contribution is 2.67. The Balaban J connectivity index is 1.16. The maximum atomic E-state index is 15.3. The van der Waals surface area contributed by atoms with Crippen LogP contribution in [0, 0.1) is 46.8 Å². The molecule has 5 aromatic rings. The Morgan fingerprint density at radius 3 is 2.16 bits per heavy atom. The second-order valence-electron chi connectivity index (χ2n) is 14.2. The number of amides is 4. The van der Waals surface area contributed by atoms with E-state index in [1.165, 1.54) is 43.5 Å². The molecule has 4 aliphatic rings. The summed E-state index contributed by atoms with van der Waals surface area (Å²) in [5, 5.41) is 11.2. The van der Waals surface area contributed by atoms with E-state index in [0.29, 0.717) is 22.6 Å². The fourth-order valence-electron chi connectivity index (χ4n) is 8.81. The van der Waals surface area contributed by atoms with Gasteiger partial charge in [0.25, 0.3) is 11.8 Å². The molecule has 10 nitrogen and oxygen atoms in total. The maximum Gasteiger partial charge on any atom is 0.258 e. The lowest BCUT2D eigenvalue weighted by atomic mass is 9.56. The molecule has 0 radical (unpaired) electrons. The molecule has 57 heavy (non-hydrogen) atoms. The Hall–Kier alpha value is -5.80. The number of halogens is 7. The smallest absolute Gasteiger partial charge is 0.258 e. The first-order chi connectivity index (χ1) is 27.1. The summed E-state index contributed by atoms with van der Waals surface area (Å²) in [6.45, 7) is 0. The van der Waals surface area contributed by atoms with Crippen molar-refractivity contribution in [2.45, 2.75) is 28.5 Å². The summed E-state index contributed by atoms with van der Waals surface area (Å²) in [6, 6.07) is 17.2. The molecule has 2 aliphatic carbocycles. The molecule has 17 heteroatoms. The van der Waals surface area contributed by atoms with Crippen molar-refractivity contribution < 1.29 is 55.4 Å². The third kappa shape index (κ3) is 4.84. The summed E-state index contributed by atoms with van der Waals surface area (Å²) in [6.07, 6.45) is 0.734. The van der Waals surface area contributed by atoms with Crippen LogP contribution in [0.25, 0.3) is 22.6 Å². The summed E-state index contributed by atoms with van der Waals surface area (Å²) in [5.74, 6) is -22.3. The maximum absolute atomic E-state index is 15.3. The first kappa shape index (κ1) is 36.8. The van der Waals surface area contributed by atoms with Crippen molar-refractivity contribution in [3.63, 3.8) is 0 Å². The van der Waals surface area contributed by atoms with E-state index < -0.39 is 104 Å². The number of phenolic OH excluding ortho intramolecular Hbond substituents is 1. The van der Waals surface area contributed by atoms with E-state index in [1.54, 1.807) is 36.4 Å². The number of fused-ring (bicyclic) bond motifs is 5. The van der Waals surface area contributed by atoms with Crippen LogP contribution >= 0.6 is 23.2 Å². The Morgan fingerprint density at radius 1 is 0.825 bits per heavy atom. The number of rotatable bonds is 5. The molecule has 4 amide bonds. The molecule has 2 aliphatic heterocycles. The number of hydrogen-bond donors (Lipinski definition) is 1. The third-order valence-electron chi connectivity index (χ3n) is 11.4. The highest BCUT2D eigenvalue weighted by Gasteiger charge is 2.77. The number of hydrogen-bond acceptors (Lipinski definition) is 8. The van der Waals surface area contributed by atoms with Gasteiger partial charge < -0.3 is 14.3 Å². The fraction of sp³-hybridized carbons (Fsp3) is 0.225. The summed E-state index contributed by atoms with van der Waals surface area (Å²) in [5.41, 5.74) is 0.00669. The molecule has 9 rings (SSSR count). The molecule has 0 bridgehead atoms. The van der Waals surface area contributed by atoms with Crippen LogP contribution < -0.4 is 14.5 Å². The van der Waals surface area contributed by atoms with Gasteiger partial charge in [0, 0.05) is 17.0 Å². The lowest BCUT2D eigenvalue weighted by Crippen LogP contribution is -2.60. The van der Waals surface area contributed by atoms with Crippen LogP contribution in [-0.4, -0.2) is 50.6 Å². The van der Waals surface area contributed by atoms with Gasteiger partial charge in [0.05, 0.1) is 24.6 Å².